The van der Waals surface area contributed by atoms with Crippen LogP contribution in [0.2, 0.25) is 0 Å². The van der Waals surface area contributed by atoms with Gasteiger partial charge in [0.25, 0.3) is 0 Å². The minimum atomic E-state index is -0.498. The van der Waals surface area contributed by atoms with Gasteiger partial charge in [0.1, 0.15) is 11.6 Å². The Bertz CT molecular complexity index is 726. The Morgan fingerprint density at radius 1 is 1.24 bits per heavy atom. The number of carbonyl (C=O) groups is 1. The molecule has 5 nitrogen and oxygen atoms in total. The maximum Gasteiger partial charge on any atom is 0.330 e. The molecule has 0 unspecified atom stereocenters. The molecule has 3 rings (SSSR count). The van der Waals surface area contributed by atoms with E-state index in [1.165, 1.54) is 12.1 Å². The topological polar surface area (TPSA) is 58.2 Å². The summed E-state index contributed by atoms with van der Waals surface area (Å²) in [6.07, 6.45) is 3.52. The van der Waals surface area contributed by atoms with Crippen molar-refractivity contribution in [2.24, 2.45) is 5.41 Å². The summed E-state index contributed by atoms with van der Waals surface area (Å²) >= 11 is 0. The van der Waals surface area contributed by atoms with Crippen molar-refractivity contribution >= 4 is 5.97 Å². The van der Waals surface area contributed by atoms with Gasteiger partial charge in [0.2, 0.25) is 0 Å². The number of imidazole rings is 1. The molecule has 1 aromatic carbocycles. The zero-order chi connectivity index (χ0) is 18.0. The Hall–Kier alpha value is -2.21. The largest absolute Gasteiger partial charge is 0.367 e. The van der Waals surface area contributed by atoms with Crippen molar-refractivity contribution < 1.29 is 14.0 Å². The van der Waals surface area contributed by atoms with Gasteiger partial charge in [0, 0.05) is 19.0 Å². The molecule has 0 bridgehead atoms. The van der Waals surface area contributed by atoms with Crippen LogP contribution in [0.25, 0.3) is 11.3 Å². The number of hydrogen-bond acceptors (Lipinski definition) is 4. The number of aromatic amines is 1. The van der Waals surface area contributed by atoms with Gasteiger partial charge < -0.3 is 9.82 Å². The highest BCUT2D eigenvalue weighted by Gasteiger charge is 2.29. The van der Waals surface area contributed by atoms with Crippen LogP contribution in [0.5, 0.6) is 0 Å². The Morgan fingerprint density at radius 2 is 1.88 bits per heavy atom. The van der Waals surface area contributed by atoms with Crippen LogP contribution in [0.15, 0.2) is 30.5 Å². The highest BCUT2D eigenvalue weighted by Crippen LogP contribution is 2.29. The number of hydroxylamine groups is 2. The molecule has 25 heavy (non-hydrogen) atoms. The second kappa shape index (κ2) is 6.96. The molecule has 0 radical (unpaired) electrons. The monoisotopic (exact) mass is 345 g/mol. The van der Waals surface area contributed by atoms with Crippen LogP contribution >= 0.6 is 0 Å². The molecule has 0 saturated carbocycles. The fraction of sp³-hybridized carbons (Fsp3) is 0.474. The summed E-state index contributed by atoms with van der Waals surface area (Å²) in [5, 5.41) is 1.74. The summed E-state index contributed by atoms with van der Waals surface area (Å²) in [5.74, 6) is 0.781. The molecule has 1 aliphatic rings. The molecule has 6 heteroatoms. The van der Waals surface area contributed by atoms with Gasteiger partial charge in [-0.3, -0.25) is 0 Å². The van der Waals surface area contributed by atoms with E-state index in [4.69, 9.17) is 4.84 Å². The third-order valence-corrected chi connectivity index (χ3v) is 4.42. The highest BCUT2D eigenvalue weighted by atomic mass is 19.1. The SMILES string of the molecule is CC(C)(C)C(=O)ON1CCC(c2ncc(-c3ccc(F)cc3)[nH]2)CC1. The Labute approximate surface area is 147 Å². The Kier molecular flexibility index (Phi) is 4.90. The van der Waals surface area contributed by atoms with Gasteiger partial charge in [-0.1, -0.05) is 0 Å². The predicted molar refractivity (Wildman–Crippen MR) is 93.1 cm³/mol. The number of nitrogens with zero attached hydrogens (tertiary/aromatic N) is 2. The lowest BCUT2D eigenvalue weighted by molar-refractivity contribution is -0.204. The van der Waals surface area contributed by atoms with Gasteiger partial charge in [0.15, 0.2) is 0 Å². The number of hydrogen-bond donors (Lipinski definition) is 1. The average Bonchev–Trinajstić information content (AvgIpc) is 3.05. The fourth-order valence-electron chi connectivity index (χ4n) is 2.79. The van der Waals surface area contributed by atoms with Crippen LogP contribution in [0.1, 0.15) is 45.4 Å². The van der Waals surface area contributed by atoms with Crippen LogP contribution < -0.4 is 0 Å². The molecule has 2 aromatic rings. The van der Waals surface area contributed by atoms with Crippen molar-refractivity contribution in [3.8, 4) is 11.3 Å². The van der Waals surface area contributed by atoms with Gasteiger partial charge in [-0.05, 0) is 63.4 Å². The first-order valence-corrected chi connectivity index (χ1v) is 8.61. The summed E-state index contributed by atoms with van der Waals surface area (Å²) < 4.78 is 13.0. The number of piperidine rings is 1. The number of benzene rings is 1. The van der Waals surface area contributed by atoms with Crippen LogP contribution in [0, 0.1) is 11.2 Å². The molecule has 0 spiro atoms. The lowest BCUT2D eigenvalue weighted by atomic mass is 9.96. The lowest BCUT2D eigenvalue weighted by Gasteiger charge is -2.31. The number of carbonyl (C=O) groups excluding carboxylic acids is 1. The van der Waals surface area contributed by atoms with Gasteiger partial charge >= 0.3 is 5.97 Å². The van der Waals surface area contributed by atoms with Crippen molar-refractivity contribution in [3.05, 3.63) is 42.1 Å². The number of rotatable bonds is 3. The minimum absolute atomic E-state index is 0.206. The average molecular weight is 345 g/mol. The number of halogens is 1. The molecule has 1 N–H and O–H groups in total. The predicted octanol–water partition coefficient (Wildman–Crippen LogP) is 3.90. The third-order valence-electron chi connectivity index (χ3n) is 4.42. The van der Waals surface area contributed by atoms with E-state index < -0.39 is 5.41 Å². The maximum absolute atomic E-state index is 13.0. The zero-order valence-electron chi connectivity index (χ0n) is 14.9. The van der Waals surface area contributed by atoms with Crippen molar-refractivity contribution in [1.82, 2.24) is 15.0 Å². The fourth-order valence-corrected chi connectivity index (χ4v) is 2.79. The summed E-state index contributed by atoms with van der Waals surface area (Å²) in [6, 6.07) is 6.36. The van der Waals surface area contributed by atoms with E-state index in [9.17, 15) is 9.18 Å². The molecular formula is C19H24FN3O2. The van der Waals surface area contributed by atoms with Gasteiger partial charge in [-0.15, -0.1) is 5.06 Å². The van der Waals surface area contributed by atoms with Crippen LogP contribution in [0.3, 0.4) is 0 Å². The smallest absolute Gasteiger partial charge is 0.330 e. The molecule has 2 heterocycles. The van der Waals surface area contributed by atoms with E-state index in [0.717, 1.165) is 29.9 Å². The molecular weight excluding hydrogens is 321 g/mol. The molecule has 1 aliphatic heterocycles. The van der Waals surface area contributed by atoms with Gasteiger partial charge in [0.05, 0.1) is 17.3 Å². The van der Waals surface area contributed by atoms with Crippen LogP contribution in [-0.2, 0) is 9.63 Å². The summed E-state index contributed by atoms with van der Waals surface area (Å²) in [5.41, 5.74) is 1.30. The molecule has 1 saturated heterocycles. The number of H-pyrrole nitrogens is 1. The van der Waals surface area contributed by atoms with Crippen LogP contribution in [0.4, 0.5) is 4.39 Å². The zero-order valence-corrected chi connectivity index (χ0v) is 14.9. The number of nitrogens with one attached hydrogen (secondary N) is 1. The molecule has 0 atom stereocenters. The highest BCUT2D eigenvalue weighted by molar-refractivity contribution is 5.75. The van der Waals surface area contributed by atoms with E-state index in [-0.39, 0.29) is 11.8 Å². The van der Waals surface area contributed by atoms with E-state index in [1.807, 2.05) is 20.8 Å². The van der Waals surface area contributed by atoms with Crippen molar-refractivity contribution in [3.63, 3.8) is 0 Å². The molecule has 0 aliphatic carbocycles. The van der Waals surface area contributed by atoms with Crippen molar-refractivity contribution in [1.29, 1.82) is 0 Å². The quantitative estimate of drug-likeness (QED) is 0.916. The Morgan fingerprint density at radius 3 is 2.48 bits per heavy atom. The summed E-state index contributed by atoms with van der Waals surface area (Å²) in [6.45, 7) is 6.93. The van der Waals surface area contributed by atoms with Gasteiger partial charge in [-0.2, -0.15) is 0 Å². The van der Waals surface area contributed by atoms with Crippen molar-refractivity contribution in [2.75, 3.05) is 13.1 Å². The van der Waals surface area contributed by atoms with E-state index in [0.29, 0.717) is 19.0 Å². The normalized spacial score (nSPS) is 16.8. The minimum Gasteiger partial charge on any atom is -0.367 e. The Balaban J connectivity index is 1.58. The van der Waals surface area contributed by atoms with Gasteiger partial charge in [-0.25, -0.2) is 14.2 Å². The summed E-state index contributed by atoms with van der Waals surface area (Å²) in [4.78, 5) is 25.2. The lowest BCUT2D eigenvalue weighted by Crippen LogP contribution is -2.38. The number of aromatic nitrogens is 2. The first-order valence-electron chi connectivity index (χ1n) is 8.61. The second-order valence-electron chi connectivity index (χ2n) is 7.52. The van der Waals surface area contributed by atoms with E-state index >= 15 is 0 Å². The molecule has 134 valence electrons. The first-order chi connectivity index (χ1) is 11.8. The van der Waals surface area contributed by atoms with E-state index in [1.54, 1.807) is 23.4 Å². The molecule has 0 amide bonds. The second-order valence-corrected chi connectivity index (χ2v) is 7.52. The molecule has 1 fully saturated rings. The standard InChI is InChI=1S/C19H24FN3O2/c1-19(2,3)18(24)25-23-10-8-14(9-11-23)17-21-12-16(22-17)13-4-6-15(20)7-5-13/h4-7,12,14H,8-11H2,1-3H3,(H,21,22). The molecule has 1 aromatic heterocycles. The summed E-state index contributed by atoms with van der Waals surface area (Å²) in [7, 11) is 0. The van der Waals surface area contributed by atoms with Crippen molar-refractivity contribution in [2.45, 2.75) is 39.5 Å². The first kappa shape index (κ1) is 17.6. The third kappa shape index (κ3) is 4.25. The maximum atomic E-state index is 13.0. The van der Waals surface area contributed by atoms with Crippen LogP contribution in [-0.4, -0.2) is 34.1 Å². The van der Waals surface area contributed by atoms with E-state index in [2.05, 4.69) is 9.97 Å².